The first-order valence-electron chi connectivity index (χ1n) is 5.22. The van der Waals surface area contributed by atoms with Gasteiger partial charge in [0.15, 0.2) is 11.5 Å². The van der Waals surface area contributed by atoms with E-state index < -0.39 is 0 Å². The molecule has 0 atom stereocenters. The van der Waals surface area contributed by atoms with Gasteiger partial charge in [-0.15, -0.1) is 0 Å². The molecule has 0 bridgehead atoms. The smallest absolute Gasteiger partial charge is 0.242 e. The first kappa shape index (κ1) is 13.7. The van der Waals surface area contributed by atoms with Gasteiger partial charge in [0, 0.05) is 0 Å². The van der Waals surface area contributed by atoms with Gasteiger partial charge < -0.3 is 14.2 Å². The van der Waals surface area contributed by atoms with Gasteiger partial charge in [0.25, 0.3) is 0 Å². The molecule has 0 unspecified atom stereocenters. The van der Waals surface area contributed by atoms with Gasteiger partial charge in [-0.3, -0.25) is 0 Å². The molecule has 2 rings (SSSR count). The number of nitrogens with zero attached hydrogens (tertiary/aromatic N) is 2. The Hall–Kier alpha value is -1.72. The molecule has 19 heavy (non-hydrogen) atoms. The minimum atomic E-state index is 0.0354. The maximum absolute atomic E-state index is 5.95. The molecule has 0 saturated heterocycles. The number of rotatable bonds is 4. The van der Waals surface area contributed by atoms with Crippen LogP contribution in [0.15, 0.2) is 24.4 Å². The highest BCUT2D eigenvalue weighted by molar-refractivity contribution is 6.32. The number of hydrogen-bond acceptors (Lipinski definition) is 5. The van der Waals surface area contributed by atoms with Crippen LogP contribution in [0.3, 0.4) is 0 Å². The van der Waals surface area contributed by atoms with Crippen molar-refractivity contribution in [2.45, 2.75) is 0 Å². The molecule has 5 nitrogen and oxygen atoms in total. The standard InChI is InChI=1S/C12H10Cl2N2O3/c1-17-8-4-3-5-9(18-2)10(8)19-11-7(13)6-15-12(14)16-11/h3-6H,1-2H3. The summed E-state index contributed by atoms with van der Waals surface area (Å²) in [7, 11) is 3.05. The molecule has 1 aromatic heterocycles. The predicted molar refractivity (Wildman–Crippen MR) is 71.7 cm³/mol. The summed E-state index contributed by atoms with van der Waals surface area (Å²) in [5.41, 5.74) is 0. The lowest BCUT2D eigenvalue weighted by Crippen LogP contribution is -1.97. The van der Waals surface area contributed by atoms with E-state index in [0.717, 1.165) is 0 Å². The highest BCUT2D eigenvalue weighted by Gasteiger charge is 2.15. The van der Waals surface area contributed by atoms with Gasteiger partial charge in [0.2, 0.25) is 16.9 Å². The van der Waals surface area contributed by atoms with Crippen LogP contribution in [0.4, 0.5) is 0 Å². The molecule has 0 aliphatic rings. The molecule has 0 N–H and O–H groups in total. The molecule has 0 radical (unpaired) electrons. The largest absolute Gasteiger partial charge is 0.493 e. The fourth-order valence-electron chi connectivity index (χ4n) is 1.42. The molecule has 1 aromatic carbocycles. The maximum Gasteiger partial charge on any atom is 0.242 e. The van der Waals surface area contributed by atoms with Crippen LogP contribution in [0.5, 0.6) is 23.1 Å². The summed E-state index contributed by atoms with van der Waals surface area (Å²) < 4.78 is 16.0. The van der Waals surface area contributed by atoms with Crippen molar-refractivity contribution in [3.8, 4) is 23.1 Å². The summed E-state index contributed by atoms with van der Waals surface area (Å²) in [6.07, 6.45) is 1.36. The Morgan fingerprint density at radius 3 is 2.26 bits per heavy atom. The van der Waals surface area contributed by atoms with Crippen LogP contribution in [0.1, 0.15) is 0 Å². The van der Waals surface area contributed by atoms with Crippen LogP contribution in [-0.4, -0.2) is 24.2 Å². The number of benzene rings is 1. The monoisotopic (exact) mass is 300 g/mol. The minimum Gasteiger partial charge on any atom is -0.493 e. The third-order valence-electron chi connectivity index (χ3n) is 2.26. The van der Waals surface area contributed by atoms with Crippen LogP contribution in [0.2, 0.25) is 10.3 Å². The van der Waals surface area contributed by atoms with Crippen LogP contribution in [0, 0.1) is 0 Å². The second-order valence-corrected chi connectivity index (χ2v) is 4.13. The number of ether oxygens (including phenoxy) is 3. The lowest BCUT2D eigenvalue weighted by atomic mass is 10.3. The van der Waals surface area contributed by atoms with Crippen molar-refractivity contribution in [1.29, 1.82) is 0 Å². The number of hydrogen-bond donors (Lipinski definition) is 0. The molecule has 0 aliphatic heterocycles. The first-order valence-corrected chi connectivity index (χ1v) is 5.98. The Bertz CT molecular complexity index is 571. The Morgan fingerprint density at radius 1 is 1.05 bits per heavy atom. The molecule has 100 valence electrons. The van der Waals surface area contributed by atoms with E-state index in [0.29, 0.717) is 17.2 Å². The second kappa shape index (κ2) is 5.95. The topological polar surface area (TPSA) is 53.5 Å². The van der Waals surface area contributed by atoms with Gasteiger partial charge in [-0.2, -0.15) is 4.98 Å². The average Bonchev–Trinajstić information content (AvgIpc) is 2.43. The van der Waals surface area contributed by atoms with E-state index in [1.165, 1.54) is 20.4 Å². The van der Waals surface area contributed by atoms with Crippen LogP contribution >= 0.6 is 23.2 Å². The van der Waals surface area contributed by atoms with E-state index in [-0.39, 0.29) is 16.2 Å². The van der Waals surface area contributed by atoms with Crippen molar-refractivity contribution in [2.75, 3.05) is 14.2 Å². The molecule has 2 aromatic rings. The van der Waals surface area contributed by atoms with Crippen molar-refractivity contribution in [3.05, 3.63) is 34.7 Å². The normalized spacial score (nSPS) is 10.1. The fourth-order valence-corrected chi connectivity index (χ4v) is 1.67. The molecule has 0 spiro atoms. The summed E-state index contributed by atoms with van der Waals surface area (Å²) in [5.74, 6) is 1.48. The molecule has 0 fully saturated rings. The van der Waals surface area contributed by atoms with E-state index in [1.54, 1.807) is 18.2 Å². The average molecular weight is 301 g/mol. The SMILES string of the molecule is COc1cccc(OC)c1Oc1nc(Cl)ncc1Cl. The van der Waals surface area contributed by atoms with Crippen molar-refractivity contribution in [1.82, 2.24) is 9.97 Å². The zero-order valence-corrected chi connectivity index (χ0v) is 11.7. The lowest BCUT2D eigenvalue weighted by Gasteiger charge is -2.13. The first-order chi connectivity index (χ1) is 9.15. The summed E-state index contributed by atoms with van der Waals surface area (Å²) >= 11 is 11.7. The summed E-state index contributed by atoms with van der Waals surface area (Å²) in [6.45, 7) is 0. The minimum absolute atomic E-state index is 0.0354. The van der Waals surface area contributed by atoms with Gasteiger partial charge in [-0.25, -0.2) is 4.98 Å². The molecular formula is C12H10Cl2N2O3. The lowest BCUT2D eigenvalue weighted by molar-refractivity contribution is 0.342. The maximum atomic E-state index is 5.95. The van der Waals surface area contributed by atoms with Crippen molar-refractivity contribution >= 4 is 23.2 Å². The highest BCUT2D eigenvalue weighted by Crippen LogP contribution is 2.40. The molecule has 1 heterocycles. The number of halogens is 2. The van der Waals surface area contributed by atoms with E-state index in [2.05, 4.69) is 9.97 Å². The van der Waals surface area contributed by atoms with Gasteiger partial charge >= 0.3 is 0 Å². The predicted octanol–water partition coefficient (Wildman–Crippen LogP) is 3.59. The van der Waals surface area contributed by atoms with E-state index in [9.17, 15) is 0 Å². The molecular weight excluding hydrogens is 291 g/mol. The van der Waals surface area contributed by atoms with Crippen LogP contribution in [0.25, 0.3) is 0 Å². The number of aromatic nitrogens is 2. The summed E-state index contributed by atoms with van der Waals surface area (Å²) in [4.78, 5) is 7.65. The Balaban J connectivity index is 2.45. The van der Waals surface area contributed by atoms with Crippen molar-refractivity contribution in [3.63, 3.8) is 0 Å². The molecule has 0 amide bonds. The number of para-hydroxylation sites is 1. The van der Waals surface area contributed by atoms with E-state index >= 15 is 0 Å². The summed E-state index contributed by atoms with van der Waals surface area (Å²) in [5, 5.41) is 0.269. The molecule has 0 saturated carbocycles. The Kier molecular flexibility index (Phi) is 4.29. The fraction of sp³-hybridized carbons (Fsp3) is 0.167. The molecule has 0 aliphatic carbocycles. The third-order valence-corrected chi connectivity index (χ3v) is 2.71. The Labute approximate surface area is 120 Å². The number of methoxy groups -OCH3 is 2. The quantitative estimate of drug-likeness (QED) is 0.808. The van der Waals surface area contributed by atoms with Gasteiger partial charge in [-0.1, -0.05) is 17.7 Å². The van der Waals surface area contributed by atoms with Gasteiger partial charge in [0.05, 0.1) is 20.4 Å². The van der Waals surface area contributed by atoms with E-state index in [4.69, 9.17) is 37.4 Å². The third kappa shape index (κ3) is 3.00. The molecule has 7 heteroatoms. The van der Waals surface area contributed by atoms with Crippen LogP contribution < -0.4 is 14.2 Å². The van der Waals surface area contributed by atoms with Crippen LogP contribution in [-0.2, 0) is 0 Å². The van der Waals surface area contributed by atoms with E-state index in [1.807, 2.05) is 0 Å². The van der Waals surface area contributed by atoms with Gasteiger partial charge in [-0.05, 0) is 23.7 Å². The summed E-state index contributed by atoms with van der Waals surface area (Å²) in [6, 6.07) is 5.24. The second-order valence-electron chi connectivity index (χ2n) is 3.39. The van der Waals surface area contributed by atoms with Crippen molar-refractivity contribution < 1.29 is 14.2 Å². The van der Waals surface area contributed by atoms with Gasteiger partial charge in [0.1, 0.15) is 5.02 Å². The zero-order chi connectivity index (χ0) is 13.8. The highest BCUT2D eigenvalue weighted by atomic mass is 35.5. The van der Waals surface area contributed by atoms with Crippen molar-refractivity contribution in [2.24, 2.45) is 0 Å². The zero-order valence-electron chi connectivity index (χ0n) is 10.2. The Morgan fingerprint density at radius 2 is 1.68 bits per heavy atom.